The molecule has 1 aromatic heterocycles. The lowest BCUT2D eigenvalue weighted by atomic mass is 10.1. The van der Waals surface area contributed by atoms with Gasteiger partial charge in [0.05, 0.1) is 6.26 Å². The summed E-state index contributed by atoms with van der Waals surface area (Å²) in [5.41, 5.74) is 5.95. The van der Waals surface area contributed by atoms with Crippen molar-refractivity contribution in [2.75, 3.05) is 0 Å². The summed E-state index contributed by atoms with van der Waals surface area (Å²) in [6.07, 6.45) is 3.93. The smallest absolute Gasteiger partial charge is 0.352 e. The largest absolute Gasteiger partial charge is 0.465 e. The van der Waals surface area contributed by atoms with Crippen molar-refractivity contribution >= 4 is 25.4 Å². The monoisotopic (exact) mass is 349 g/mol. The topological polar surface area (TPSA) is 150 Å². The van der Waals surface area contributed by atoms with Crippen LogP contribution in [0, 0.1) is 5.41 Å². The van der Waals surface area contributed by atoms with Gasteiger partial charge in [0.1, 0.15) is 11.6 Å². The number of nitrogen functional groups attached to an aromatic ring is 1. The molecule has 0 aliphatic rings. The standard InChI is InChI=1S/C15H16N3O5P/c16-14(17)10-3-5-11(6-4-10)15(24(20,21)22)18-13(19)8-7-12-2-1-9-23-12/h1-9,15H,(H3,16,17)(H,18,19)(H2,20,21,22). The Balaban J connectivity index is 2.18. The average Bonchev–Trinajstić information content (AvgIpc) is 3.03. The van der Waals surface area contributed by atoms with Crippen molar-refractivity contribution in [2.45, 2.75) is 5.78 Å². The van der Waals surface area contributed by atoms with Crippen molar-refractivity contribution in [3.63, 3.8) is 0 Å². The van der Waals surface area contributed by atoms with Gasteiger partial charge in [0.25, 0.3) is 0 Å². The summed E-state index contributed by atoms with van der Waals surface area (Å²) >= 11 is 0. The maximum atomic E-state index is 11.9. The number of hydrogen-bond acceptors (Lipinski definition) is 4. The zero-order chi connectivity index (χ0) is 17.7. The molecule has 9 heteroatoms. The first kappa shape index (κ1) is 17.7. The number of nitrogens with one attached hydrogen (secondary N) is 2. The molecule has 1 heterocycles. The SMILES string of the molecule is N=C(N)c1ccc(C(NC(=O)C=Cc2ccco2)P(=O)(O)O)cc1. The van der Waals surface area contributed by atoms with E-state index in [0.29, 0.717) is 11.3 Å². The summed E-state index contributed by atoms with van der Waals surface area (Å²) in [6, 6.07) is 8.97. The highest BCUT2D eigenvalue weighted by atomic mass is 31.2. The van der Waals surface area contributed by atoms with E-state index in [-0.39, 0.29) is 11.4 Å². The van der Waals surface area contributed by atoms with E-state index in [9.17, 15) is 19.1 Å². The molecule has 0 bridgehead atoms. The molecule has 2 rings (SSSR count). The Kier molecular flexibility index (Phi) is 5.35. The molecule has 126 valence electrons. The van der Waals surface area contributed by atoms with E-state index in [0.717, 1.165) is 6.08 Å². The highest BCUT2D eigenvalue weighted by Crippen LogP contribution is 2.49. The number of nitrogens with two attached hydrogens (primary N) is 1. The molecular formula is C15H16N3O5P. The van der Waals surface area contributed by atoms with Crippen molar-refractivity contribution < 1.29 is 23.6 Å². The Bertz CT molecular complexity index is 793. The van der Waals surface area contributed by atoms with Crippen molar-refractivity contribution in [1.29, 1.82) is 5.41 Å². The van der Waals surface area contributed by atoms with Gasteiger partial charge in [0.2, 0.25) is 5.91 Å². The number of amidine groups is 1. The van der Waals surface area contributed by atoms with Crippen molar-refractivity contribution in [2.24, 2.45) is 5.73 Å². The third-order valence-electron chi connectivity index (χ3n) is 3.09. The number of furan rings is 1. The zero-order valence-electron chi connectivity index (χ0n) is 12.4. The molecule has 0 aliphatic heterocycles. The number of hydrogen-bond donors (Lipinski definition) is 5. The fraction of sp³-hybridized carbons (Fsp3) is 0.0667. The number of rotatable bonds is 6. The molecule has 2 aromatic rings. The van der Waals surface area contributed by atoms with E-state index in [1.165, 1.54) is 36.6 Å². The van der Waals surface area contributed by atoms with Gasteiger partial charge in [0, 0.05) is 11.6 Å². The summed E-state index contributed by atoms with van der Waals surface area (Å²) in [5.74, 6) is -1.92. The van der Waals surface area contributed by atoms with Crippen LogP contribution in [0.4, 0.5) is 0 Å². The minimum absolute atomic E-state index is 0.167. The Morgan fingerprint density at radius 3 is 2.46 bits per heavy atom. The van der Waals surface area contributed by atoms with Gasteiger partial charge in [-0.15, -0.1) is 0 Å². The van der Waals surface area contributed by atoms with Crippen molar-refractivity contribution in [3.05, 3.63) is 65.6 Å². The maximum absolute atomic E-state index is 11.9. The van der Waals surface area contributed by atoms with Crippen molar-refractivity contribution in [3.8, 4) is 0 Å². The third-order valence-corrected chi connectivity index (χ3v) is 4.19. The summed E-state index contributed by atoms with van der Waals surface area (Å²) in [7, 11) is -4.65. The van der Waals surface area contributed by atoms with Gasteiger partial charge in [-0.2, -0.15) is 0 Å². The second-order valence-electron chi connectivity index (χ2n) is 4.88. The number of benzene rings is 1. The molecule has 1 amide bonds. The molecule has 1 atom stereocenters. The molecule has 24 heavy (non-hydrogen) atoms. The molecule has 0 radical (unpaired) electrons. The van der Waals surface area contributed by atoms with Crippen LogP contribution >= 0.6 is 7.60 Å². The predicted octanol–water partition coefficient (Wildman–Crippen LogP) is 1.57. The Morgan fingerprint density at radius 2 is 1.96 bits per heavy atom. The lowest BCUT2D eigenvalue weighted by Crippen LogP contribution is -2.27. The third kappa shape index (κ3) is 4.66. The first-order valence-electron chi connectivity index (χ1n) is 6.79. The fourth-order valence-electron chi connectivity index (χ4n) is 1.93. The molecule has 1 unspecified atom stereocenters. The van der Waals surface area contributed by atoms with Gasteiger partial charge in [0.15, 0.2) is 5.78 Å². The Hall–Kier alpha value is -2.67. The second kappa shape index (κ2) is 7.27. The average molecular weight is 349 g/mol. The van der Waals surface area contributed by atoms with Gasteiger partial charge < -0.3 is 25.3 Å². The van der Waals surface area contributed by atoms with E-state index in [1.807, 2.05) is 0 Å². The molecule has 0 aliphatic carbocycles. The van der Waals surface area contributed by atoms with Crippen LogP contribution in [0.2, 0.25) is 0 Å². The van der Waals surface area contributed by atoms with Gasteiger partial charge in [-0.1, -0.05) is 24.3 Å². The minimum Gasteiger partial charge on any atom is -0.465 e. The van der Waals surface area contributed by atoms with Crippen LogP contribution in [-0.2, 0) is 9.36 Å². The van der Waals surface area contributed by atoms with Gasteiger partial charge >= 0.3 is 7.60 Å². The highest BCUT2D eigenvalue weighted by molar-refractivity contribution is 7.52. The van der Waals surface area contributed by atoms with Crippen LogP contribution in [0.15, 0.2) is 53.2 Å². The number of carbonyl (C=O) groups excluding carboxylic acids is 1. The summed E-state index contributed by atoms with van der Waals surface area (Å²) in [5, 5.41) is 9.58. The normalized spacial score (nSPS) is 12.9. The predicted molar refractivity (Wildman–Crippen MR) is 88.1 cm³/mol. The van der Waals surface area contributed by atoms with Crippen LogP contribution in [0.5, 0.6) is 0 Å². The lowest BCUT2D eigenvalue weighted by molar-refractivity contribution is -0.116. The van der Waals surface area contributed by atoms with Gasteiger partial charge in [-0.25, -0.2) is 0 Å². The molecule has 0 fully saturated rings. The molecular weight excluding hydrogens is 333 g/mol. The van der Waals surface area contributed by atoms with Crippen LogP contribution in [0.3, 0.4) is 0 Å². The second-order valence-corrected chi connectivity index (χ2v) is 6.58. The van der Waals surface area contributed by atoms with Crippen LogP contribution in [0.25, 0.3) is 6.08 Å². The van der Waals surface area contributed by atoms with Gasteiger partial charge in [-0.3, -0.25) is 14.8 Å². The van der Waals surface area contributed by atoms with E-state index >= 15 is 0 Å². The lowest BCUT2D eigenvalue weighted by Gasteiger charge is -2.19. The quantitative estimate of drug-likeness (QED) is 0.231. The highest BCUT2D eigenvalue weighted by Gasteiger charge is 2.31. The number of amides is 1. The first-order valence-corrected chi connectivity index (χ1v) is 8.47. The Labute approximate surface area is 137 Å². The Morgan fingerprint density at radius 1 is 1.29 bits per heavy atom. The summed E-state index contributed by atoms with van der Waals surface area (Å²) in [4.78, 5) is 30.9. The zero-order valence-corrected chi connectivity index (χ0v) is 13.3. The first-order chi connectivity index (χ1) is 11.3. The van der Waals surface area contributed by atoms with Crippen LogP contribution < -0.4 is 11.1 Å². The molecule has 0 saturated carbocycles. The fourth-order valence-corrected chi connectivity index (χ4v) is 2.79. The van der Waals surface area contributed by atoms with E-state index in [1.54, 1.807) is 12.1 Å². The van der Waals surface area contributed by atoms with Crippen LogP contribution in [0.1, 0.15) is 22.7 Å². The van der Waals surface area contributed by atoms with Crippen molar-refractivity contribution in [1.82, 2.24) is 5.32 Å². The molecule has 0 spiro atoms. The number of carbonyl (C=O) groups is 1. The van der Waals surface area contributed by atoms with E-state index in [2.05, 4.69) is 5.32 Å². The molecule has 0 saturated heterocycles. The summed E-state index contributed by atoms with van der Waals surface area (Å²) in [6.45, 7) is 0. The van der Waals surface area contributed by atoms with E-state index < -0.39 is 19.3 Å². The molecule has 1 aromatic carbocycles. The van der Waals surface area contributed by atoms with E-state index in [4.69, 9.17) is 15.6 Å². The minimum atomic E-state index is -4.65. The summed E-state index contributed by atoms with van der Waals surface area (Å²) < 4.78 is 16.7. The molecule has 8 nitrogen and oxygen atoms in total. The van der Waals surface area contributed by atoms with Gasteiger partial charge in [-0.05, 0) is 23.8 Å². The molecule has 6 N–H and O–H groups in total. The maximum Gasteiger partial charge on any atom is 0.352 e. The van der Waals surface area contributed by atoms with Crippen LogP contribution in [-0.4, -0.2) is 21.5 Å².